The van der Waals surface area contributed by atoms with Gasteiger partial charge >= 0.3 is 5.97 Å². The Morgan fingerprint density at radius 2 is 2.24 bits per heavy atom. The van der Waals surface area contributed by atoms with Crippen molar-refractivity contribution in [3.05, 3.63) is 0 Å². The summed E-state index contributed by atoms with van der Waals surface area (Å²) < 4.78 is 5.18. The molecule has 1 saturated heterocycles. The third-order valence-corrected chi connectivity index (χ3v) is 3.50. The van der Waals surface area contributed by atoms with E-state index in [0.717, 1.165) is 19.6 Å². The highest BCUT2D eigenvalue weighted by atomic mass is 16.5. The maximum absolute atomic E-state index is 12.0. The highest BCUT2D eigenvalue weighted by molar-refractivity contribution is 5.80. The minimum absolute atomic E-state index is 0.138. The van der Waals surface area contributed by atoms with Crippen molar-refractivity contribution < 1.29 is 9.53 Å². The van der Waals surface area contributed by atoms with E-state index in [4.69, 9.17) is 4.74 Å². The lowest BCUT2D eigenvalue weighted by Gasteiger charge is -2.34. The van der Waals surface area contributed by atoms with Crippen molar-refractivity contribution in [2.75, 3.05) is 26.2 Å². The number of likely N-dealkylation sites (N-methyl/N-ethyl adjacent to an activating group) is 1. The molecule has 100 valence electrons. The molecule has 0 spiro atoms. The molecule has 0 aliphatic carbocycles. The van der Waals surface area contributed by atoms with E-state index in [9.17, 15) is 4.79 Å². The maximum atomic E-state index is 12.0. The fraction of sp³-hybridized carbons (Fsp3) is 0.923. The van der Waals surface area contributed by atoms with Crippen molar-refractivity contribution in [3.63, 3.8) is 0 Å². The van der Waals surface area contributed by atoms with Crippen LogP contribution in [0.5, 0.6) is 0 Å². The van der Waals surface area contributed by atoms with Crippen LogP contribution >= 0.6 is 0 Å². The lowest BCUT2D eigenvalue weighted by Crippen LogP contribution is -2.58. The van der Waals surface area contributed by atoms with Gasteiger partial charge in [0.05, 0.1) is 6.61 Å². The first-order valence-corrected chi connectivity index (χ1v) is 6.69. The Morgan fingerprint density at radius 3 is 2.71 bits per heavy atom. The molecule has 4 heteroatoms. The predicted octanol–water partition coefficient (Wildman–Crippen LogP) is 1.40. The second-order valence-corrected chi connectivity index (χ2v) is 5.04. The van der Waals surface area contributed by atoms with Crippen molar-refractivity contribution in [3.8, 4) is 0 Å². The van der Waals surface area contributed by atoms with Crippen LogP contribution in [0.15, 0.2) is 0 Å². The molecule has 0 aromatic heterocycles. The zero-order valence-electron chi connectivity index (χ0n) is 11.6. The van der Waals surface area contributed by atoms with Crippen LogP contribution in [0.3, 0.4) is 0 Å². The quantitative estimate of drug-likeness (QED) is 0.715. The van der Waals surface area contributed by atoms with Gasteiger partial charge in [-0.3, -0.25) is 9.69 Å². The van der Waals surface area contributed by atoms with Gasteiger partial charge in [-0.2, -0.15) is 0 Å². The summed E-state index contributed by atoms with van der Waals surface area (Å²) in [5.74, 6) is -0.138. The first kappa shape index (κ1) is 14.5. The van der Waals surface area contributed by atoms with E-state index in [0.29, 0.717) is 12.6 Å². The Hall–Kier alpha value is -0.610. The average molecular weight is 242 g/mol. The van der Waals surface area contributed by atoms with E-state index >= 15 is 0 Å². The van der Waals surface area contributed by atoms with Crippen LogP contribution in [0.2, 0.25) is 0 Å². The molecule has 0 aromatic carbocycles. The molecule has 1 heterocycles. The zero-order chi connectivity index (χ0) is 12.9. The molecule has 1 aliphatic rings. The summed E-state index contributed by atoms with van der Waals surface area (Å²) in [7, 11) is 0. The van der Waals surface area contributed by atoms with E-state index in [1.165, 1.54) is 12.8 Å². The highest BCUT2D eigenvalue weighted by Gasteiger charge is 2.37. The molecular weight excluding hydrogens is 216 g/mol. The number of esters is 1. The number of nitrogens with one attached hydrogen (secondary N) is 1. The molecule has 1 aliphatic heterocycles. The van der Waals surface area contributed by atoms with E-state index in [2.05, 4.69) is 17.1 Å². The third-order valence-electron chi connectivity index (χ3n) is 3.50. The van der Waals surface area contributed by atoms with E-state index in [-0.39, 0.29) is 5.97 Å². The molecule has 0 amide bonds. The standard InChI is InChI=1S/C13H26N2O2/c1-5-14-13(4,12(16)17-6-2)10-15-9-7-8-11(15)3/h11,14H,5-10H2,1-4H3. The molecule has 17 heavy (non-hydrogen) atoms. The normalized spacial score (nSPS) is 24.6. The van der Waals surface area contributed by atoms with Gasteiger partial charge in [0.1, 0.15) is 5.54 Å². The summed E-state index contributed by atoms with van der Waals surface area (Å²) in [4.78, 5) is 14.4. The first-order chi connectivity index (χ1) is 8.03. The number of likely N-dealkylation sites (tertiary alicyclic amines) is 1. The fourth-order valence-electron chi connectivity index (χ4n) is 2.51. The predicted molar refractivity (Wildman–Crippen MR) is 69.0 cm³/mol. The summed E-state index contributed by atoms with van der Waals surface area (Å²) >= 11 is 0. The minimum atomic E-state index is -0.580. The Kier molecular flexibility index (Phi) is 5.40. The van der Waals surface area contributed by atoms with Crippen molar-refractivity contribution in [1.82, 2.24) is 10.2 Å². The monoisotopic (exact) mass is 242 g/mol. The lowest BCUT2D eigenvalue weighted by molar-refractivity contribution is -0.151. The van der Waals surface area contributed by atoms with E-state index < -0.39 is 5.54 Å². The van der Waals surface area contributed by atoms with Gasteiger partial charge in [0.2, 0.25) is 0 Å². The molecule has 1 rings (SSSR count). The molecule has 1 N–H and O–H groups in total. The van der Waals surface area contributed by atoms with Crippen molar-refractivity contribution >= 4 is 5.97 Å². The highest BCUT2D eigenvalue weighted by Crippen LogP contribution is 2.20. The maximum Gasteiger partial charge on any atom is 0.327 e. The summed E-state index contributed by atoms with van der Waals surface area (Å²) in [6.07, 6.45) is 2.46. The fourth-order valence-corrected chi connectivity index (χ4v) is 2.51. The van der Waals surface area contributed by atoms with Crippen LogP contribution in [0.4, 0.5) is 0 Å². The Balaban J connectivity index is 2.66. The third kappa shape index (κ3) is 3.68. The van der Waals surface area contributed by atoms with Gasteiger partial charge in [-0.05, 0) is 46.7 Å². The molecule has 2 atom stereocenters. The summed E-state index contributed by atoms with van der Waals surface area (Å²) in [5.41, 5.74) is -0.580. The number of nitrogens with zero attached hydrogens (tertiary/aromatic N) is 1. The average Bonchev–Trinajstić information content (AvgIpc) is 2.65. The van der Waals surface area contributed by atoms with Crippen LogP contribution in [0.1, 0.15) is 40.5 Å². The van der Waals surface area contributed by atoms with Crippen molar-refractivity contribution in [2.24, 2.45) is 0 Å². The van der Waals surface area contributed by atoms with E-state index in [1.807, 2.05) is 20.8 Å². The molecule has 1 fully saturated rings. The Bertz CT molecular complexity index is 258. The van der Waals surface area contributed by atoms with Crippen LogP contribution in [-0.4, -0.2) is 48.7 Å². The first-order valence-electron chi connectivity index (χ1n) is 6.69. The van der Waals surface area contributed by atoms with Gasteiger partial charge < -0.3 is 10.1 Å². The Labute approximate surface area is 105 Å². The summed E-state index contributed by atoms with van der Waals surface area (Å²) in [6.45, 7) is 11.1. The Morgan fingerprint density at radius 1 is 1.53 bits per heavy atom. The van der Waals surface area contributed by atoms with Crippen molar-refractivity contribution in [1.29, 1.82) is 0 Å². The molecule has 0 bridgehead atoms. The van der Waals surface area contributed by atoms with Gasteiger partial charge in [0, 0.05) is 12.6 Å². The van der Waals surface area contributed by atoms with Crippen LogP contribution in [0.25, 0.3) is 0 Å². The molecule has 0 saturated carbocycles. The van der Waals surface area contributed by atoms with Crippen LogP contribution in [0, 0.1) is 0 Å². The van der Waals surface area contributed by atoms with E-state index in [1.54, 1.807) is 0 Å². The van der Waals surface area contributed by atoms with Gasteiger partial charge in [-0.25, -0.2) is 0 Å². The lowest BCUT2D eigenvalue weighted by atomic mass is 10.0. The number of carbonyl (C=O) groups is 1. The number of hydrogen-bond acceptors (Lipinski definition) is 4. The molecule has 4 nitrogen and oxygen atoms in total. The summed E-state index contributed by atoms with van der Waals surface area (Å²) in [5, 5.41) is 3.27. The topological polar surface area (TPSA) is 41.6 Å². The SMILES string of the molecule is CCNC(C)(CN1CCCC1C)C(=O)OCC. The molecule has 0 radical (unpaired) electrons. The van der Waals surface area contributed by atoms with Gasteiger partial charge in [-0.1, -0.05) is 6.92 Å². The van der Waals surface area contributed by atoms with Crippen LogP contribution in [-0.2, 0) is 9.53 Å². The van der Waals surface area contributed by atoms with Crippen LogP contribution < -0.4 is 5.32 Å². The summed E-state index contributed by atoms with van der Waals surface area (Å²) in [6, 6.07) is 0.572. The van der Waals surface area contributed by atoms with Crippen molar-refractivity contribution in [2.45, 2.75) is 52.1 Å². The molecule has 0 aromatic rings. The largest absolute Gasteiger partial charge is 0.465 e. The molecule has 2 unspecified atom stereocenters. The minimum Gasteiger partial charge on any atom is -0.465 e. The van der Waals surface area contributed by atoms with Gasteiger partial charge in [0.15, 0.2) is 0 Å². The van der Waals surface area contributed by atoms with Gasteiger partial charge in [-0.15, -0.1) is 0 Å². The second-order valence-electron chi connectivity index (χ2n) is 5.04. The number of rotatable bonds is 6. The van der Waals surface area contributed by atoms with Gasteiger partial charge in [0.25, 0.3) is 0 Å². The zero-order valence-corrected chi connectivity index (χ0v) is 11.6. The second kappa shape index (κ2) is 6.36. The number of hydrogen-bond donors (Lipinski definition) is 1. The molecular formula is C13H26N2O2. The number of ether oxygens (including phenoxy) is 1. The number of carbonyl (C=O) groups excluding carboxylic acids is 1. The smallest absolute Gasteiger partial charge is 0.327 e.